The summed E-state index contributed by atoms with van der Waals surface area (Å²) in [4.78, 5) is 6.34. The highest BCUT2D eigenvalue weighted by atomic mass is 15.1. The zero-order chi connectivity index (χ0) is 11.4. The van der Waals surface area contributed by atoms with Gasteiger partial charge in [-0.15, -0.1) is 0 Å². The second kappa shape index (κ2) is 4.98. The molecule has 0 aromatic carbocycles. The van der Waals surface area contributed by atoms with Gasteiger partial charge in [-0.05, 0) is 25.0 Å². The molecule has 0 spiro atoms. The smallest absolute Gasteiger partial charge is 0.163 e. The fourth-order valence-corrected chi connectivity index (χ4v) is 2.43. The van der Waals surface area contributed by atoms with Crippen LogP contribution >= 0.6 is 0 Å². The maximum Gasteiger partial charge on any atom is 0.163 e. The van der Waals surface area contributed by atoms with E-state index < -0.39 is 0 Å². The molecular formula is C13H17N3. The van der Waals surface area contributed by atoms with E-state index in [1.165, 1.54) is 32.1 Å². The summed E-state index contributed by atoms with van der Waals surface area (Å²) in [5.74, 6) is 0. The lowest BCUT2D eigenvalue weighted by Crippen LogP contribution is -2.33. The van der Waals surface area contributed by atoms with Crippen LogP contribution in [0.2, 0.25) is 0 Å². The molecule has 1 aromatic rings. The summed E-state index contributed by atoms with van der Waals surface area (Å²) in [6.45, 7) is 0. The molecule has 1 aromatic heterocycles. The summed E-state index contributed by atoms with van der Waals surface area (Å²) in [6, 6.07) is 6.62. The Morgan fingerprint density at radius 3 is 2.81 bits per heavy atom. The van der Waals surface area contributed by atoms with Gasteiger partial charge in [0.2, 0.25) is 0 Å². The van der Waals surface area contributed by atoms with Crippen molar-refractivity contribution in [2.45, 2.75) is 38.1 Å². The minimum atomic E-state index is 0.538. The van der Waals surface area contributed by atoms with Crippen molar-refractivity contribution < 1.29 is 0 Å². The lowest BCUT2D eigenvalue weighted by molar-refractivity contribution is 0.427. The summed E-state index contributed by atoms with van der Waals surface area (Å²) in [6.07, 6.45) is 8.10. The minimum absolute atomic E-state index is 0.538. The number of hydrogen-bond donors (Lipinski definition) is 0. The first-order chi connectivity index (χ1) is 7.83. The Kier molecular flexibility index (Phi) is 3.40. The van der Waals surface area contributed by atoms with Crippen LogP contribution in [0.3, 0.4) is 0 Å². The van der Waals surface area contributed by atoms with E-state index in [0.29, 0.717) is 11.7 Å². The van der Waals surface area contributed by atoms with E-state index >= 15 is 0 Å². The number of nitriles is 1. The SMILES string of the molecule is CN(c1cccnc1C#N)C1CCCCC1. The van der Waals surface area contributed by atoms with Crippen LogP contribution in [0.1, 0.15) is 37.8 Å². The minimum Gasteiger partial charge on any atom is -0.369 e. The lowest BCUT2D eigenvalue weighted by atomic mass is 9.94. The van der Waals surface area contributed by atoms with E-state index in [1.54, 1.807) is 6.20 Å². The second-order valence-electron chi connectivity index (χ2n) is 4.39. The lowest BCUT2D eigenvalue weighted by Gasteiger charge is -2.33. The highest BCUT2D eigenvalue weighted by Crippen LogP contribution is 2.27. The molecule has 1 aliphatic rings. The van der Waals surface area contributed by atoms with Gasteiger partial charge in [-0.2, -0.15) is 5.26 Å². The fraction of sp³-hybridized carbons (Fsp3) is 0.538. The molecular weight excluding hydrogens is 198 g/mol. The van der Waals surface area contributed by atoms with Gasteiger partial charge in [0, 0.05) is 19.3 Å². The molecule has 0 aliphatic heterocycles. The average molecular weight is 215 g/mol. The molecule has 0 radical (unpaired) electrons. The largest absolute Gasteiger partial charge is 0.369 e. The first kappa shape index (κ1) is 10.9. The van der Waals surface area contributed by atoms with Crippen molar-refractivity contribution in [2.24, 2.45) is 0 Å². The van der Waals surface area contributed by atoms with Crippen LogP contribution in [-0.2, 0) is 0 Å². The number of pyridine rings is 1. The maximum atomic E-state index is 9.03. The summed E-state index contributed by atoms with van der Waals surface area (Å²) >= 11 is 0. The van der Waals surface area contributed by atoms with Crippen LogP contribution in [-0.4, -0.2) is 18.1 Å². The van der Waals surface area contributed by atoms with E-state index in [4.69, 9.17) is 5.26 Å². The Bertz CT molecular complexity index is 388. The molecule has 0 N–H and O–H groups in total. The van der Waals surface area contributed by atoms with Gasteiger partial charge in [-0.3, -0.25) is 0 Å². The summed E-state index contributed by atoms with van der Waals surface area (Å²) in [7, 11) is 2.08. The molecule has 0 atom stereocenters. The molecule has 1 fully saturated rings. The number of hydrogen-bond acceptors (Lipinski definition) is 3. The molecule has 1 heterocycles. The van der Waals surface area contributed by atoms with Gasteiger partial charge in [-0.25, -0.2) is 4.98 Å². The van der Waals surface area contributed by atoms with Gasteiger partial charge in [0.15, 0.2) is 5.69 Å². The van der Waals surface area contributed by atoms with E-state index in [9.17, 15) is 0 Å². The maximum absolute atomic E-state index is 9.03. The van der Waals surface area contributed by atoms with Crippen LogP contribution in [0.5, 0.6) is 0 Å². The van der Waals surface area contributed by atoms with Crippen molar-refractivity contribution in [2.75, 3.05) is 11.9 Å². The van der Waals surface area contributed by atoms with Crippen molar-refractivity contribution in [3.8, 4) is 6.07 Å². The number of rotatable bonds is 2. The van der Waals surface area contributed by atoms with E-state index in [-0.39, 0.29) is 0 Å². The quantitative estimate of drug-likeness (QED) is 0.761. The van der Waals surface area contributed by atoms with E-state index in [1.807, 2.05) is 12.1 Å². The first-order valence-electron chi connectivity index (χ1n) is 5.91. The fourth-order valence-electron chi connectivity index (χ4n) is 2.43. The monoisotopic (exact) mass is 215 g/mol. The third-order valence-corrected chi connectivity index (χ3v) is 3.39. The molecule has 84 valence electrons. The molecule has 16 heavy (non-hydrogen) atoms. The normalized spacial score (nSPS) is 16.8. The Hall–Kier alpha value is -1.56. The van der Waals surface area contributed by atoms with Crippen molar-refractivity contribution in [3.05, 3.63) is 24.0 Å². The van der Waals surface area contributed by atoms with Gasteiger partial charge in [0.25, 0.3) is 0 Å². The molecule has 1 saturated carbocycles. The van der Waals surface area contributed by atoms with Crippen LogP contribution < -0.4 is 4.90 Å². The molecule has 1 aliphatic carbocycles. The third kappa shape index (κ3) is 2.16. The summed E-state index contributed by atoms with van der Waals surface area (Å²) < 4.78 is 0. The summed E-state index contributed by atoms with van der Waals surface area (Å²) in [5, 5.41) is 9.03. The van der Waals surface area contributed by atoms with Gasteiger partial charge >= 0.3 is 0 Å². The Balaban J connectivity index is 2.19. The molecule has 0 amide bonds. The second-order valence-corrected chi connectivity index (χ2v) is 4.39. The standard InChI is InChI=1S/C13H17N3/c1-16(11-6-3-2-4-7-11)13-8-5-9-15-12(13)10-14/h5,8-9,11H,2-4,6-7H2,1H3. The Labute approximate surface area is 96.7 Å². The van der Waals surface area contributed by atoms with E-state index in [2.05, 4.69) is 23.0 Å². The van der Waals surface area contributed by atoms with Gasteiger partial charge in [0.1, 0.15) is 6.07 Å². The Morgan fingerprint density at radius 1 is 1.38 bits per heavy atom. The van der Waals surface area contributed by atoms with Crippen LogP contribution in [0.15, 0.2) is 18.3 Å². The van der Waals surface area contributed by atoms with Gasteiger partial charge in [-0.1, -0.05) is 19.3 Å². The molecule has 0 unspecified atom stereocenters. The van der Waals surface area contributed by atoms with Gasteiger partial charge < -0.3 is 4.90 Å². The van der Waals surface area contributed by atoms with Gasteiger partial charge in [0.05, 0.1) is 5.69 Å². The highest BCUT2D eigenvalue weighted by molar-refractivity contribution is 5.55. The molecule has 2 rings (SSSR count). The summed E-state index contributed by atoms with van der Waals surface area (Å²) in [5.41, 5.74) is 1.51. The number of aromatic nitrogens is 1. The first-order valence-corrected chi connectivity index (χ1v) is 5.91. The zero-order valence-electron chi connectivity index (χ0n) is 9.69. The van der Waals surface area contributed by atoms with Crippen molar-refractivity contribution >= 4 is 5.69 Å². The average Bonchev–Trinajstić information content (AvgIpc) is 2.39. The van der Waals surface area contributed by atoms with Crippen molar-refractivity contribution in [1.82, 2.24) is 4.98 Å². The molecule has 3 nitrogen and oxygen atoms in total. The molecule has 0 saturated heterocycles. The van der Waals surface area contributed by atoms with Crippen molar-refractivity contribution in [3.63, 3.8) is 0 Å². The van der Waals surface area contributed by atoms with Crippen LogP contribution in [0.4, 0.5) is 5.69 Å². The Morgan fingerprint density at radius 2 is 2.12 bits per heavy atom. The van der Waals surface area contributed by atoms with Crippen LogP contribution in [0, 0.1) is 11.3 Å². The van der Waals surface area contributed by atoms with Crippen molar-refractivity contribution in [1.29, 1.82) is 5.26 Å². The molecule has 3 heteroatoms. The third-order valence-electron chi connectivity index (χ3n) is 3.39. The highest BCUT2D eigenvalue weighted by Gasteiger charge is 2.20. The zero-order valence-corrected chi connectivity index (χ0v) is 9.69. The predicted molar refractivity (Wildman–Crippen MR) is 64.2 cm³/mol. The van der Waals surface area contributed by atoms with E-state index in [0.717, 1.165) is 5.69 Å². The predicted octanol–water partition coefficient (Wildman–Crippen LogP) is 2.72. The topological polar surface area (TPSA) is 39.9 Å². The number of anilines is 1. The number of nitrogens with zero attached hydrogens (tertiary/aromatic N) is 3. The van der Waals surface area contributed by atoms with Crippen LogP contribution in [0.25, 0.3) is 0 Å². The molecule has 0 bridgehead atoms.